The lowest BCUT2D eigenvalue weighted by atomic mass is 9.80. The first-order chi connectivity index (χ1) is 14.8. The highest BCUT2D eigenvalue weighted by Gasteiger charge is 2.38. The Morgan fingerprint density at radius 1 is 1.10 bits per heavy atom. The van der Waals surface area contributed by atoms with E-state index in [0.717, 1.165) is 77.1 Å². The minimum Gasteiger partial charge on any atom is -0.379 e. The van der Waals surface area contributed by atoms with Crippen molar-refractivity contribution in [3.8, 4) is 0 Å². The van der Waals surface area contributed by atoms with Crippen LogP contribution >= 0.6 is 0 Å². The summed E-state index contributed by atoms with van der Waals surface area (Å²) < 4.78 is 5.60. The zero-order chi connectivity index (χ0) is 20.9. The number of aliphatic imine (C=N–C) groups is 1. The molecule has 1 aliphatic heterocycles. The second-order valence-corrected chi connectivity index (χ2v) is 8.36. The first kappa shape index (κ1) is 22.8. The van der Waals surface area contributed by atoms with E-state index in [-0.39, 0.29) is 5.54 Å². The Kier molecular flexibility index (Phi) is 9.70. The van der Waals surface area contributed by atoms with Crippen molar-refractivity contribution in [1.82, 2.24) is 20.5 Å². The van der Waals surface area contributed by atoms with Crippen molar-refractivity contribution in [3.05, 3.63) is 24.4 Å². The second kappa shape index (κ2) is 12.7. The van der Waals surface area contributed by atoms with Gasteiger partial charge in [-0.1, -0.05) is 25.3 Å². The summed E-state index contributed by atoms with van der Waals surface area (Å²) in [6.07, 6.45) is 10.5. The molecule has 0 unspecified atom stereocenters. The van der Waals surface area contributed by atoms with Crippen molar-refractivity contribution >= 4 is 11.8 Å². The molecule has 0 spiro atoms. The van der Waals surface area contributed by atoms with E-state index in [4.69, 9.17) is 9.73 Å². The molecule has 0 atom stereocenters. The van der Waals surface area contributed by atoms with Gasteiger partial charge in [0.05, 0.1) is 19.8 Å². The van der Waals surface area contributed by atoms with Crippen LogP contribution in [-0.2, 0) is 4.74 Å². The minimum atomic E-state index is 0.219. The zero-order valence-corrected chi connectivity index (χ0v) is 18.7. The Bertz CT molecular complexity index is 611. The van der Waals surface area contributed by atoms with Crippen molar-refractivity contribution in [2.24, 2.45) is 4.99 Å². The fourth-order valence-electron chi connectivity index (χ4n) is 4.53. The van der Waals surface area contributed by atoms with Gasteiger partial charge >= 0.3 is 0 Å². The quantitative estimate of drug-likeness (QED) is 0.309. The number of pyridine rings is 1. The first-order valence-electron chi connectivity index (χ1n) is 11.8. The Labute approximate surface area is 182 Å². The van der Waals surface area contributed by atoms with E-state index in [2.05, 4.69) is 32.8 Å². The van der Waals surface area contributed by atoms with E-state index >= 15 is 0 Å². The van der Waals surface area contributed by atoms with Crippen LogP contribution in [0.15, 0.2) is 29.4 Å². The maximum atomic E-state index is 5.60. The van der Waals surface area contributed by atoms with Crippen LogP contribution in [0.1, 0.15) is 51.9 Å². The molecule has 30 heavy (non-hydrogen) atoms. The number of rotatable bonds is 10. The molecule has 0 radical (unpaired) electrons. The minimum absolute atomic E-state index is 0.219. The second-order valence-electron chi connectivity index (χ2n) is 8.36. The number of morpholine rings is 1. The van der Waals surface area contributed by atoms with Gasteiger partial charge in [-0.3, -0.25) is 9.89 Å². The summed E-state index contributed by atoms with van der Waals surface area (Å²) in [5.41, 5.74) is 0.219. The summed E-state index contributed by atoms with van der Waals surface area (Å²) >= 11 is 0. The fraction of sp³-hybridized carbons (Fsp3) is 0.739. The number of ether oxygens (including phenoxy) is 1. The highest BCUT2D eigenvalue weighted by molar-refractivity contribution is 5.79. The maximum absolute atomic E-state index is 5.60. The van der Waals surface area contributed by atoms with Crippen LogP contribution in [0.25, 0.3) is 0 Å². The molecule has 1 saturated heterocycles. The summed E-state index contributed by atoms with van der Waals surface area (Å²) in [5.74, 6) is 1.90. The van der Waals surface area contributed by atoms with E-state index in [1.54, 1.807) is 0 Å². The lowest BCUT2D eigenvalue weighted by Crippen LogP contribution is -2.56. The summed E-state index contributed by atoms with van der Waals surface area (Å²) in [6, 6.07) is 5.95. The summed E-state index contributed by atoms with van der Waals surface area (Å²) in [5, 5.41) is 10.3. The van der Waals surface area contributed by atoms with Crippen LogP contribution in [0.3, 0.4) is 0 Å². The van der Waals surface area contributed by atoms with E-state index < -0.39 is 0 Å². The van der Waals surface area contributed by atoms with Crippen molar-refractivity contribution in [3.63, 3.8) is 0 Å². The van der Waals surface area contributed by atoms with Gasteiger partial charge in [-0.15, -0.1) is 0 Å². The lowest BCUT2D eigenvalue weighted by Gasteiger charge is -2.47. The summed E-state index contributed by atoms with van der Waals surface area (Å²) in [6.45, 7) is 9.57. The average molecular weight is 417 g/mol. The van der Waals surface area contributed by atoms with Crippen molar-refractivity contribution in [2.75, 3.05) is 57.8 Å². The third-order valence-corrected chi connectivity index (χ3v) is 6.21. The molecule has 0 amide bonds. The van der Waals surface area contributed by atoms with Gasteiger partial charge in [0, 0.05) is 44.5 Å². The van der Waals surface area contributed by atoms with Crippen LogP contribution in [0, 0.1) is 0 Å². The zero-order valence-electron chi connectivity index (χ0n) is 18.7. The molecule has 2 fully saturated rings. The molecule has 1 saturated carbocycles. The predicted molar refractivity (Wildman–Crippen MR) is 124 cm³/mol. The Morgan fingerprint density at radius 3 is 2.63 bits per heavy atom. The number of guanidine groups is 1. The van der Waals surface area contributed by atoms with Crippen molar-refractivity contribution < 1.29 is 4.74 Å². The fourth-order valence-corrected chi connectivity index (χ4v) is 4.53. The smallest absolute Gasteiger partial charge is 0.191 e. The molecule has 2 aliphatic rings. The molecule has 0 bridgehead atoms. The van der Waals surface area contributed by atoms with Crippen LogP contribution in [0.4, 0.5) is 5.82 Å². The monoisotopic (exact) mass is 416 g/mol. The first-order valence-corrected chi connectivity index (χ1v) is 11.8. The van der Waals surface area contributed by atoms with E-state index in [1.165, 1.54) is 32.1 Å². The molecule has 3 rings (SSSR count). The van der Waals surface area contributed by atoms with Crippen LogP contribution in [0.2, 0.25) is 0 Å². The van der Waals surface area contributed by atoms with Gasteiger partial charge in [-0.05, 0) is 44.7 Å². The molecule has 3 N–H and O–H groups in total. The van der Waals surface area contributed by atoms with Gasteiger partial charge in [0.2, 0.25) is 0 Å². The summed E-state index contributed by atoms with van der Waals surface area (Å²) in [7, 11) is 0. The molecule has 1 aromatic rings. The molecule has 1 aliphatic carbocycles. The maximum Gasteiger partial charge on any atom is 0.191 e. The van der Waals surface area contributed by atoms with Gasteiger partial charge in [-0.25, -0.2) is 4.98 Å². The number of unbranched alkanes of at least 4 members (excludes halogenated alkanes) is 1. The summed E-state index contributed by atoms with van der Waals surface area (Å²) in [4.78, 5) is 12.0. The predicted octanol–water partition coefficient (Wildman–Crippen LogP) is 2.86. The van der Waals surface area contributed by atoms with Crippen molar-refractivity contribution in [2.45, 2.75) is 57.4 Å². The van der Waals surface area contributed by atoms with E-state index in [9.17, 15) is 0 Å². The lowest BCUT2D eigenvalue weighted by molar-refractivity contribution is -0.0333. The standard InChI is InChI=1S/C23H40N6O/c1-2-24-22(27-15-9-8-14-26-21-10-4-7-13-25-21)28-20-23(11-5-3-6-12-23)29-16-18-30-19-17-29/h4,7,10,13H,2-3,5-6,8-9,11-12,14-20H2,1H3,(H,25,26)(H2,24,27,28). The van der Waals surface area contributed by atoms with Gasteiger partial charge in [0.25, 0.3) is 0 Å². The van der Waals surface area contributed by atoms with Gasteiger partial charge in [0.1, 0.15) is 5.82 Å². The number of nitrogens with one attached hydrogen (secondary N) is 3. The third kappa shape index (κ3) is 7.13. The molecule has 7 heteroatoms. The van der Waals surface area contributed by atoms with Crippen LogP contribution in [0.5, 0.6) is 0 Å². The Morgan fingerprint density at radius 2 is 1.90 bits per heavy atom. The molecule has 7 nitrogen and oxygen atoms in total. The molecule has 1 aromatic heterocycles. The highest BCUT2D eigenvalue weighted by Crippen LogP contribution is 2.34. The Balaban J connectivity index is 1.45. The topological polar surface area (TPSA) is 73.8 Å². The molecular weight excluding hydrogens is 376 g/mol. The van der Waals surface area contributed by atoms with Crippen LogP contribution < -0.4 is 16.0 Å². The van der Waals surface area contributed by atoms with Crippen molar-refractivity contribution in [1.29, 1.82) is 0 Å². The molecular formula is C23H40N6O. The molecule has 0 aromatic carbocycles. The van der Waals surface area contributed by atoms with E-state index in [1.807, 2.05) is 24.4 Å². The average Bonchev–Trinajstić information content (AvgIpc) is 2.81. The SMILES string of the molecule is CCNC(=NCC1(N2CCOCC2)CCCCC1)NCCCCNc1ccccn1. The normalized spacial score (nSPS) is 20.0. The van der Waals surface area contributed by atoms with Gasteiger partial charge in [0.15, 0.2) is 5.96 Å². The van der Waals surface area contributed by atoms with Gasteiger partial charge in [-0.2, -0.15) is 0 Å². The highest BCUT2D eigenvalue weighted by atomic mass is 16.5. The van der Waals surface area contributed by atoms with E-state index in [0.29, 0.717) is 0 Å². The number of hydrogen-bond donors (Lipinski definition) is 3. The van der Waals surface area contributed by atoms with Crippen LogP contribution in [-0.4, -0.2) is 73.9 Å². The number of anilines is 1. The number of hydrogen-bond acceptors (Lipinski definition) is 5. The number of aromatic nitrogens is 1. The third-order valence-electron chi connectivity index (χ3n) is 6.21. The Hall–Kier alpha value is -1.86. The van der Waals surface area contributed by atoms with Gasteiger partial charge < -0.3 is 20.7 Å². The number of nitrogens with zero attached hydrogens (tertiary/aromatic N) is 3. The largest absolute Gasteiger partial charge is 0.379 e. The molecule has 168 valence electrons. The molecule has 2 heterocycles.